The van der Waals surface area contributed by atoms with Crippen LogP contribution in [0.3, 0.4) is 0 Å². The molecule has 0 aliphatic carbocycles. The molecule has 3 heteroatoms. The fourth-order valence-corrected chi connectivity index (χ4v) is 0.715. The second-order valence-electron chi connectivity index (χ2n) is 1.03. The highest BCUT2D eigenvalue weighted by Gasteiger charge is 1.86. The molecular weight excluding hydrogens is 138 g/mol. The summed E-state index contributed by atoms with van der Waals surface area (Å²) in [5.41, 5.74) is 0. The van der Waals surface area contributed by atoms with Crippen LogP contribution in [0.2, 0.25) is 0 Å². The zero-order valence-electron chi connectivity index (χ0n) is 4.60. The number of hydrogen-bond acceptors (Lipinski definition) is 2. The van der Waals surface area contributed by atoms with Crippen molar-refractivity contribution in [3.63, 3.8) is 0 Å². The van der Waals surface area contributed by atoms with E-state index in [1.54, 1.807) is 7.05 Å². The summed E-state index contributed by atoms with van der Waals surface area (Å²) >= 11 is 6.24. The van der Waals surface area contributed by atoms with E-state index in [-0.39, 0.29) is 0 Å². The minimum Gasteiger partial charge on any atom is -0.374 e. The van der Waals surface area contributed by atoms with E-state index in [4.69, 9.17) is 18.6 Å². The van der Waals surface area contributed by atoms with E-state index >= 15 is 0 Å². The van der Waals surface area contributed by atoms with Crippen molar-refractivity contribution >= 4 is 28.3 Å². The number of hydrogen-bond donors (Lipinski definition) is 1. The van der Waals surface area contributed by atoms with Gasteiger partial charge in [0.15, 0.2) is 0 Å². The van der Waals surface area contributed by atoms with Crippen LogP contribution in [0.25, 0.3) is 0 Å². The van der Waals surface area contributed by atoms with E-state index in [1.807, 2.05) is 0 Å². The van der Waals surface area contributed by atoms with E-state index in [0.29, 0.717) is 5.75 Å². The van der Waals surface area contributed by atoms with Gasteiger partial charge in [0.2, 0.25) is 0 Å². The minimum atomic E-state index is 0.652. The van der Waals surface area contributed by atoms with Gasteiger partial charge in [0.05, 0.1) is 5.75 Å². The van der Waals surface area contributed by atoms with E-state index in [9.17, 15) is 0 Å². The van der Waals surface area contributed by atoms with Crippen LogP contribution in [0.4, 0.5) is 0 Å². The van der Waals surface area contributed by atoms with Crippen LogP contribution in [0, 0.1) is 12.3 Å². The van der Waals surface area contributed by atoms with Gasteiger partial charge in [-0.25, -0.2) is 0 Å². The zero-order chi connectivity index (χ0) is 6.41. The predicted molar refractivity (Wildman–Crippen MR) is 42.9 cm³/mol. The minimum absolute atomic E-state index is 0.652. The van der Waals surface area contributed by atoms with Gasteiger partial charge >= 0.3 is 0 Å². The maximum absolute atomic E-state index is 4.97. The lowest BCUT2D eigenvalue weighted by molar-refractivity contribution is 1.23. The third-order valence-electron chi connectivity index (χ3n) is 0.491. The third-order valence-corrected chi connectivity index (χ3v) is 1.83. The first kappa shape index (κ1) is 7.80. The average Bonchev–Trinajstić information content (AvgIpc) is 1.83. The van der Waals surface area contributed by atoms with E-state index < -0.39 is 0 Å². The molecule has 1 N–H and O–H groups in total. The van der Waals surface area contributed by atoms with E-state index in [2.05, 4.69) is 11.2 Å². The van der Waals surface area contributed by atoms with Crippen molar-refractivity contribution in [3.05, 3.63) is 0 Å². The molecule has 0 atom stereocenters. The van der Waals surface area contributed by atoms with Crippen LogP contribution in [0.15, 0.2) is 0 Å². The second-order valence-corrected chi connectivity index (χ2v) is 2.68. The highest BCUT2D eigenvalue weighted by molar-refractivity contribution is 8.23. The summed E-state index contributed by atoms with van der Waals surface area (Å²) in [4.78, 5) is 0. The molecule has 1 nitrogen and oxygen atoms in total. The molecule has 0 radical (unpaired) electrons. The van der Waals surface area contributed by atoms with Gasteiger partial charge in [-0.2, -0.15) is 0 Å². The van der Waals surface area contributed by atoms with Crippen LogP contribution in [0.5, 0.6) is 0 Å². The molecule has 0 spiro atoms. The molecular formula is C5H7NS2. The normalized spacial score (nSPS) is 7.50. The van der Waals surface area contributed by atoms with E-state index in [0.717, 1.165) is 4.32 Å². The predicted octanol–water partition coefficient (Wildman–Crippen LogP) is 0.857. The van der Waals surface area contributed by atoms with Gasteiger partial charge in [-0.05, 0) is 0 Å². The highest BCUT2D eigenvalue weighted by atomic mass is 32.2. The summed E-state index contributed by atoms with van der Waals surface area (Å²) in [6, 6.07) is 0. The van der Waals surface area contributed by atoms with Crippen molar-refractivity contribution in [3.8, 4) is 12.3 Å². The topological polar surface area (TPSA) is 12.0 Å². The summed E-state index contributed by atoms with van der Waals surface area (Å²) < 4.78 is 0.753. The largest absolute Gasteiger partial charge is 0.374 e. The standard InChI is InChI=1S/C5H7NS2/c1-3-4-8-5(7)6-2/h1H,4H2,2H3,(H,6,7). The SMILES string of the molecule is C#CCSC(=S)NC. The Kier molecular flexibility index (Phi) is 4.82. The highest BCUT2D eigenvalue weighted by Crippen LogP contribution is 1.97. The molecule has 44 valence electrons. The van der Waals surface area contributed by atoms with Crippen molar-refractivity contribution in [2.45, 2.75) is 0 Å². The summed E-state index contributed by atoms with van der Waals surface area (Å²) in [6.45, 7) is 0. The number of thioether (sulfide) groups is 1. The lowest BCUT2D eigenvalue weighted by Gasteiger charge is -1.94. The Morgan fingerprint density at radius 2 is 2.62 bits per heavy atom. The molecule has 0 heterocycles. The summed E-state index contributed by atoms with van der Waals surface area (Å²) in [5.74, 6) is 3.12. The Balaban J connectivity index is 3.15. The molecule has 8 heavy (non-hydrogen) atoms. The number of rotatable bonds is 1. The number of terminal acetylenes is 1. The molecule has 0 fully saturated rings. The molecule has 0 aliphatic heterocycles. The van der Waals surface area contributed by atoms with Crippen molar-refractivity contribution < 1.29 is 0 Å². The Hall–Kier alpha value is -0.200. The van der Waals surface area contributed by atoms with Crippen LogP contribution in [-0.2, 0) is 0 Å². The maximum Gasteiger partial charge on any atom is 0.134 e. The van der Waals surface area contributed by atoms with Crippen LogP contribution < -0.4 is 5.32 Å². The molecule has 0 aromatic rings. The van der Waals surface area contributed by atoms with Crippen molar-refractivity contribution in [1.29, 1.82) is 0 Å². The zero-order valence-corrected chi connectivity index (χ0v) is 6.23. The van der Waals surface area contributed by atoms with Gasteiger partial charge < -0.3 is 5.32 Å². The maximum atomic E-state index is 4.97. The third kappa shape index (κ3) is 3.97. The van der Waals surface area contributed by atoms with E-state index in [1.165, 1.54) is 11.8 Å². The molecule has 0 aliphatic rings. The van der Waals surface area contributed by atoms with Crippen LogP contribution >= 0.6 is 24.0 Å². The molecule has 0 unspecified atom stereocenters. The summed E-state index contributed by atoms with van der Waals surface area (Å²) in [7, 11) is 1.78. The average molecular weight is 145 g/mol. The Morgan fingerprint density at radius 3 is 3.00 bits per heavy atom. The molecule has 0 amide bonds. The summed E-state index contributed by atoms with van der Waals surface area (Å²) in [6.07, 6.45) is 4.97. The quantitative estimate of drug-likeness (QED) is 0.434. The Bertz CT molecular complexity index is 114. The lowest BCUT2D eigenvalue weighted by atomic mass is 10.8. The molecule has 0 aromatic heterocycles. The van der Waals surface area contributed by atoms with Crippen LogP contribution in [0.1, 0.15) is 0 Å². The number of thiocarbonyl (C=S) groups is 1. The van der Waals surface area contributed by atoms with Gasteiger partial charge in [0, 0.05) is 7.05 Å². The summed E-state index contributed by atoms with van der Waals surface area (Å²) in [5, 5.41) is 2.80. The van der Waals surface area contributed by atoms with Crippen LogP contribution in [-0.4, -0.2) is 17.1 Å². The molecule has 0 saturated heterocycles. The fourth-order valence-electron chi connectivity index (χ4n) is 0.179. The van der Waals surface area contributed by atoms with Gasteiger partial charge in [-0.15, -0.1) is 6.42 Å². The van der Waals surface area contributed by atoms with Crippen molar-refractivity contribution in [2.24, 2.45) is 0 Å². The number of nitrogens with one attached hydrogen (secondary N) is 1. The monoisotopic (exact) mass is 145 g/mol. The molecule has 0 saturated carbocycles. The van der Waals surface area contributed by atoms with Crippen molar-refractivity contribution in [2.75, 3.05) is 12.8 Å². The second kappa shape index (κ2) is 4.95. The first-order valence-corrected chi connectivity index (χ1v) is 3.48. The van der Waals surface area contributed by atoms with Gasteiger partial charge in [-0.3, -0.25) is 0 Å². The first-order valence-electron chi connectivity index (χ1n) is 2.09. The Morgan fingerprint density at radius 1 is 2.00 bits per heavy atom. The first-order chi connectivity index (χ1) is 3.81. The van der Waals surface area contributed by atoms with Gasteiger partial charge in [-0.1, -0.05) is 29.9 Å². The Labute approximate surface area is 59.2 Å². The van der Waals surface area contributed by atoms with Gasteiger partial charge in [0.1, 0.15) is 4.32 Å². The molecule has 0 bridgehead atoms. The van der Waals surface area contributed by atoms with Crippen molar-refractivity contribution in [1.82, 2.24) is 5.32 Å². The molecule has 0 aromatic carbocycles. The fraction of sp³-hybridized carbons (Fsp3) is 0.400. The van der Waals surface area contributed by atoms with Gasteiger partial charge in [0.25, 0.3) is 0 Å². The molecule has 0 rings (SSSR count). The smallest absolute Gasteiger partial charge is 0.134 e. The lowest BCUT2D eigenvalue weighted by Crippen LogP contribution is -2.10.